The second-order valence-corrected chi connectivity index (χ2v) is 3.40. The number of amides is 1. The number of methoxy groups -OCH3 is 1. The van der Waals surface area contributed by atoms with E-state index in [1.807, 2.05) is 0 Å². The van der Waals surface area contributed by atoms with Crippen LogP contribution in [0, 0.1) is 11.8 Å². The highest BCUT2D eigenvalue weighted by Crippen LogP contribution is 2.09. The smallest absolute Gasteiger partial charge is 0.253 e. The second kappa shape index (κ2) is 6.69. The molecule has 0 aromatic heterocycles. The van der Waals surface area contributed by atoms with E-state index in [-0.39, 0.29) is 12.5 Å². The van der Waals surface area contributed by atoms with Gasteiger partial charge in [0, 0.05) is 18.4 Å². The van der Waals surface area contributed by atoms with Gasteiger partial charge in [0.2, 0.25) is 0 Å². The maximum atomic E-state index is 11.5. The van der Waals surface area contributed by atoms with E-state index < -0.39 is 6.10 Å². The minimum Gasteiger partial charge on any atom is -0.384 e. The van der Waals surface area contributed by atoms with Crippen LogP contribution in [0.1, 0.15) is 12.5 Å². The van der Waals surface area contributed by atoms with Crippen molar-refractivity contribution in [1.82, 2.24) is 0 Å². The molecule has 4 nitrogen and oxygen atoms in total. The van der Waals surface area contributed by atoms with Crippen molar-refractivity contribution in [3.05, 3.63) is 29.8 Å². The van der Waals surface area contributed by atoms with E-state index >= 15 is 0 Å². The Bertz CT molecular complexity index is 428. The Labute approximate surface area is 101 Å². The molecule has 0 heterocycles. The van der Waals surface area contributed by atoms with Gasteiger partial charge >= 0.3 is 0 Å². The van der Waals surface area contributed by atoms with Crippen LogP contribution in [0.15, 0.2) is 24.3 Å². The first-order valence-electron chi connectivity index (χ1n) is 5.21. The maximum Gasteiger partial charge on any atom is 0.253 e. The summed E-state index contributed by atoms with van der Waals surface area (Å²) in [5, 5.41) is 11.3. The van der Waals surface area contributed by atoms with E-state index in [2.05, 4.69) is 17.2 Å². The molecule has 0 fully saturated rings. The first-order valence-corrected chi connectivity index (χ1v) is 5.21. The number of hydrogen-bond acceptors (Lipinski definition) is 3. The number of benzene rings is 1. The molecule has 4 heteroatoms. The first-order chi connectivity index (χ1) is 8.17. The van der Waals surface area contributed by atoms with Gasteiger partial charge in [-0.05, 0) is 31.2 Å². The lowest BCUT2D eigenvalue weighted by Gasteiger charge is -2.10. The molecule has 1 amide bonds. The Morgan fingerprint density at radius 1 is 1.47 bits per heavy atom. The van der Waals surface area contributed by atoms with Crippen LogP contribution in [0.5, 0.6) is 0 Å². The van der Waals surface area contributed by atoms with Gasteiger partial charge in [0.1, 0.15) is 12.7 Å². The van der Waals surface area contributed by atoms with Gasteiger partial charge in [0.15, 0.2) is 0 Å². The lowest BCUT2D eigenvalue weighted by molar-refractivity contribution is -0.124. The molecule has 0 radical (unpaired) electrons. The Morgan fingerprint density at radius 3 is 2.65 bits per heavy atom. The minimum atomic E-state index is -0.483. The predicted octanol–water partition coefficient (Wildman–Crippen LogP) is 1.00. The number of nitrogens with one attached hydrogen (secondary N) is 1. The number of carbonyl (C=O) groups is 1. The zero-order valence-electron chi connectivity index (χ0n) is 9.86. The Balaban J connectivity index is 2.65. The Kier molecular flexibility index (Phi) is 5.21. The summed E-state index contributed by atoms with van der Waals surface area (Å²) in [6.45, 7) is 1.51. The Morgan fingerprint density at radius 2 is 2.12 bits per heavy atom. The van der Waals surface area contributed by atoms with Crippen molar-refractivity contribution in [3.8, 4) is 11.8 Å². The molecule has 1 aromatic carbocycles. The fourth-order valence-electron chi connectivity index (χ4n) is 1.13. The number of aliphatic hydroxyl groups is 1. The van der Waals surface area contributed by atoms with Crippen LogP contribution in [0.4, 0.5) is 5.69 Å². The normalized spacial score (nSPS) is 11.2. The summed E-state index contributed by atoms with van der Waals surface area (Å²) in [7, 11) is 1.48. The van der Waals surface area contributed by atoms with Gasteiger partial charge in [-0.15, -0.1) is 0 Å². The van der Waals surface area contributed by atoms with Crippen LogP contribution >= 0.6 is 0 Å². The van der Waals surface area contributed by atoms with Crippen LogP contribution in [-0.4, -0.2) is 30.8 Å². The summed E-state index contributed by atoms with van der Waals surface area (Å²) in [5.41, 5.74) is 1.48. The zero-order valence-corrected chi connectivity index (χ0v) is 9.86. The highest BCUT2D eigenvalue weighted by Gasteiger charge is 2.10. The fraction of sp³-hybridized carbons (Fsp3) is 0.308. The molecule has 0 bridgehead atoms. The lowest BCUT2D eigenvalue weighted by atomic mass is 10.2. The predicted molar refractivity (Wildman–Crippen MR) is 65.5 cm³/mol. The average molecular weight is 233 g/mol. The van der Waals surface area contributed by atoms with Gasteiger partial charge in [0.25, 0.3) is 5.91 Å². The molecule has 0 aliphatic heterocycles. The second-order valence-electron chi connectivity index (χ2n) is 3.40. The third kappa shape index (κ3) is 4.27. The van der Waals surface area contributed by atoms with Crippen molar-refractivity contribution in [2.45, 2.75) is 13.0 Å². The van der Waals surface area contributed by atoms with Gasteiger partial charge in [-0.2, -0.15) is 0 Å². The van der Waals surface area contributed by atoms with Gasteiger partial charge in [0.05, 0.1) is 0 Å². The topological polar surface area (TPSA) is 58.6 Å². The largest absolute Gasteiger partial charge is 0.384 e. The first kappa shape index (κ1) is 13.2. The summed E-state index contributed by atoms with van der Waals surface area (Å²) in [6, 6.07) is 7.05. The van der Waals surface area contributed by atoms with Crippen molar-refractivity contribution in [3.63, 3.8) is 0 Å². The summed E-state index contributed by atoms with van der Waals surface area (Å²) >= 11 is 0. The third-order valence-corrected chi connectivity index (χ3v) is 2.19. The molecule has 1 unspecified atom stereocenters. The van der Waals surface area contributed by atoms with E-state index in [4.69, 9.17) is 9.84 Å². The van der Waals surface area contributed by atoms with Crippen LogP contribution in [0.2, 0.25) is 0 Å². The molecule has 1 atom stereocenters. The van der Waals surface area contributed by atoms with Crippen molar-refractivity contribution >= 4 is 11.6 Å². The zero-order chi connectivity index (χ0) is 12.7. The molecule has 0 aliphatic rings. The number of carbonyl (C=O) groups excluding carboxylic acids is 1. The van der Waals surface area contributed by atoms with E-state index in [9.17, 15) is 4.79 Å². The molecule has 2 N–H and O–H groups in total. The van der Waals surface area contributed by atoms with Crippen molar-refractivity contribution in [1.29, 1.82) is 0 Å². The fourth-order valence-corrected chi connectivity index (χ4v) is 1.13. The van der Waals surface area contributed by atoms with Crippen LogP contribution < -0.4 is 5.32 Å². The van der Waals surface area contributed by atoms with Gasteiger partial charge in [-0.3, -0.25) is 4.79 Å². The van der Waals surface area contributed by atoms with E-state index in [0.717, 1.165) is 5.56 Å². The molecule has 0 saturated heterocycles. The molecule has 0 saturated carbocycles. The van der Waals surface area contributed by atoms with E-state index in [1.54, 1.807) is 31.2 Å². The van der Waals surface area contributed by atoms with Gasteiger partial charge in [-0.25, -0.2) is 0 Å². The summed E-state index contributed by atoms with van der Waals surface area (Å²) in [6.07, 6.45) is -0.483. The van der Waals surface area contributed by atoms with Gasteiger partial charge < -0.3 is 15.2 Å². The monoisotopic (exact) mass is 233 g/mol. The number of hydrogen-bond donors (Lipinski definition) is 2. The van der Waals surface area contributed by atoms with Crippen LogP contribution in [0.25, 0.3) is 0 Å². The van der Waals surface area contributed by atoms with Gasteiger partial charge in [-0.1, -0.05) is 11.8 Å². The molecular formula is C13H15NO3. The average Bonchev–Trinajstić information content (AvgIpc) is 2.37. The molecular weight excluding hydrogens is 218 g/mol. The molecule has 1 aromatic rings. The molecule has 90 valence electrons. The molecule has 0 aliphatic carbocycles. The number of rotatable bonds is 3. The highest BCUT2D eigenvalue weighted by atomic mass is 16.5. The third-order valence-electron chi connectivity index (χ3n) is 2.19. The van der Waals surface area contributed by atoms with Crippen molar-refractivity contribution < 1.29 is 14.6 Å². The number of ether oxygens (including phenoxy) is 1. The minimum absolute atomic E-state index is 0.163. The summed E-state index contributed by atoms with van der Waals surface area (Å²) in [4.78, 5) is 11.5. The quantitative estimate of drug-likeness (QED) is 0.766. The van der Waals surface area contributed by atoms with E-state index in [1.165, 1.54) is 7.11 Å². The molecule has 0 spiro atoms. The summed E-state index contributed by atoms with van der Waals surface area (Å²) < 4.78 is 4.90. The SMILES string of the molecule is COC(C)C(=O)Nc1ccc(C#CCO)cc1. The van der Waals surface area contributed by atoms with Crippen molar-refractivity contribution in [2.75, 3.05) is 19.0 Å². The van der Waals surface area contributed by atoms with Crippen LogP contribution in [0.3, 0.4) is 0 Å². The summed E-state index contributed by atoms with van der Waals surface area (Å²) in [5.74, 6) is 5.13. The number of anilines is 1. The molecule has 1 rings (SSSR count). The standard InChI is InChI=1S/C13H15NO3/c1-10(17-2)13(16)14-12-7-5-11(6-8-12)4-3-9-15/h5-8,10,15H,9H2,1-2H3,(H,14,16). The number of aliphatic hydroxyl groups excluding tert-OH is 1. The maximum absolute atomic E-state index is 11.5. The highest BCUT2D eigenvalue weighted by molar-refractivity contribution is 5.93. The van der Waals surface area contributed by atoms with Crippen LogP contribution in [-0.2, 0) is 9.53 Å². The van der Waals surface area contributed by atoms with E-state index in [0.29, 0.717) is 5.69 Å². The molecule has 17 heavy (non-hydrogen) atoms. The lowest BCUT2D eigenvalue weighted by Crippen LogP contribution is -2.26. The van der Waals surface area contributed by atoms with Crippen molar-refractivity contribution in [2.24, 2.45) is 0 Å². The Hall–Kier alpha value is -1.83.